The number of aromatic nitrogens is 3. The van der Waals surface area contributed by atoms with E-state index in [4.69, 9.17) is 4.74 Å². The molecule has 0 saturated carbocycles. The Bertz CT molecular complexity index is 1260. The number of nitrogens with zero attached hydrogens (tertiary/aromatic N) is 3. The highest BCUT2D eigenvalue weighted by Crippen LogP contribution is 2.12. The lowest BCUT2D eigenvalue weighted by molar-refractivity contribution is 0.0849. The first-order chi connectivity index (χ1) is 15.5. The summed E-state index contributed by atoms with van der Waals surface area (Å²) in [4.78, 5) is 39.1. The molecule has 8 nitrogen and oxygen atoms in total. The maximum atomic E-state index is 14.5. The van der Waals surface area contributed by atoms with Gasteiger partial charge in [-0.25, -0.2) is 9.18 Å². The van der Waals surface area contributed by atoms with Crippen molar-refractivity contribution in [1.29, 1.82) is 0 Å². The van der Waals surface area contributed by atoms with Crippen LogP contribution in [0.2, 0.25) is 0 Å². The van der Waals surface area contributed by atoms with Gasteiger partial charge in [-0.05, 0) is 43.0 Å². The van der Waals surface area contributed by atoms with E-state index < -0.39 is 28.7 Å². The van der Waals surface area contributed by atoms with Gasteiger partial charge < -0.3 is 10.1 Å². The van der Waals surface area contributed by atoms with Gasteiger partial charge in [0.15, 0.2) is 0 Å². The molecular formula is C23H23FN4O4. The predicted octanol–water partition coefficient (Wildman–Crippen LogP) is 1.80. The topological polar surface area (TPSA) is 95.2 Å². The van der Waals surface area contributed by atoms with E-state index in [1.165, 1.54) is 18.2 Å². The first kappa shape index (κ1) is 21.6. The van der Waals surface area contributed by atoms with Crippen LogP contribution in [-0.2, 0) is 11.3 Å². The predicted molar refractivity (Wildman–Crippen MR) is 116 cm³/mol. The monoisotopic (exact) mass is 438 g/mol. The second-order valence-electron chi connectivity index (χ2n) is 7.66. The summed E-state index contributed by atoms with van der Waals surface area (Å²) in [6.07, 6.45) is 1.57. The summed E-state index contributed by atoms with van der Waals surface area (Å²) in [5.74, 6) is -1.44. The van der Waals surface area contributed by atoms with Crippen LogP contribution in [0.5, 0.6) is 0 Å². The number of aryl methyl sites for hydroxylation is 1. The van der Waals surface area contributed by atoms with E-state index in [-0.39, 0.29) is 24.9 Å². The van der Waals surface area contributed by atoms with Gasteiger partial charge in [0.25, 0.3) is 11.5 Å². The standard InChI is InChI=1S/C23H23FN4O4/c1-15-7-2-3-8-16(15)14-27-22(30)20(21(29)25-13-17-9-6-12-32-17)26-28(23(27)31)19-11-5-4-10-18(19)24/h2-5,7-8,10-11,17H,6,9,12-14H2,1H3,(H,25,29)/t17-/m0/s1. The summed E-state index contributed by atoms with van der Waals surface area (Å²) >= 11 is 0. The molecule has 1 amide bonds. The third-order valence-electron chi connectivity index (χ3n) is 5.46. The Balaban J connectivity index is 1.80. The van der Waals surface area contributed by atoms with Crippen LogP contribution >= 0.6 is 0 Å². The third-order valence-corrected chi connectivity index (χ3v) is 5.46. The molecule has 3 aromatic rings. The normalized spacial score (nSPS) is 15.6. The number of carbonyl (C=O) groups excluding carboxylic acids is 1. The van der Waals surface area contributed by atoms with E-state index in [0.29, 0.717) is 6.61 Å². The molecule has 0 aliphatic carbocycles. The molecule has 166 valence electrons. The Morgan fingerprint density at radius 1 is 1.19 bits per heavy atom. The summed E-state index contributed by atoms with van der Waals surface area (Å²) in [6, 6.07) is 12.8. The number of carbonyl (C=O) groups is 1. The minimum Gasteiger partial charge on any atom is -0.376 e. The van der Waals surface area contributed by atoms with Crippen LogP contribution < -0.4 is 16.6 Å². The molecule has 1 N–H and O–H groups in total. The Labute approximate surface area is 183 Å². The molecule has 1 saturated heterocycles. The number of ether oxygens (including phenoxy) is 1. The summed E-state index contributed by atoms with van der Waals surface area (Å²) in [5, 5.41) is 6.60. The first-order valence-electron chi connectivity index (χ1n) is 10.4. The number of rotatable bonds is 6. The number of halogens is 1. The molecule has 0 spiro atoms. The number of para-hydroxylation sites is 1. The fourth-order valence-corrected chi connectivity index (χ4v) is 3.63. The van der Waals surface area contributed by atoms with E-state index in [9.17, 15) is 18.8 Å². The average Bonchev–Trinajstić information content (AvgIpc) is 3.31. The van der Waals surface area contributed by atoms with Gasteiger partial charge in [-0.15, -0.1) is 0 Å². The van der Waals surface area contributed by atoms with Crippen LogP contribution in [0.1, 0.15) is 34.5 Å². The average molecular weight is 438 g/mol. The van der Waals surface area contributed by atoms with E-state index >= 15 is 0 Å². The molecule has 0 unspecified atom stereocenters. The molecule has 1 aliphatic heterocycles. The van der Waals surface area contributed by atoms with Crippen LogP contribution in [0.15, 0.2) is 58.1 Å². The Morgan fingerprint density at radius 3 is 2.66 bits per heavy atom. The van der Waals surface area contributed by atoms with Crippen LogP contribution in [0, 0.1) is 12.7 Å². The molecule has 1 atom stereocenters. The summed E-state index contributed by atoms with van der Waals surface area (Å²) < 4.78 is 21.6. The van der Waals surface area contributed by atoms with Gasteiger partial charge >= 0.3 is 5.69 Å². The summed E-state index contributed by atoms with van der Waals surface area (Å²) in [6.45, 7) is 2.62. The molecule has 4 rings (SSSR count). The minimum absolute atomic E-state index is 0.0761. The van der Waals surface area contributed by atoms with Crippen molar-refractivity contribution in [1.82, 2.24) is 19.7 Å². The molecule has 1 aromatic heterocycles. The van der Waals surface area contributed by atoms with Crippen molar-refractivity contribution in [3.63, 3.8) is 0 Å². The van der Waals surface area contributed by atoms with Crippen LogP contribution in [-0.4, -0.2) is 39.5 Å². The van der Waals surface area contributed by atoms with E-state index in [1.54, 1.807) is 18.2 Å². The maximum absolute atomic E-state index is 14.5. The quantitative estimate of drug-likeness (QED) is 0.633. The van der Waals surface area contributed by atoms with Gasteiger partial charge in [0, 0.05) is 13.2 Å². The van der Waals surface area contributed by atoms with Crippen molar-refractivity contribution in [2.45, 2.75) is 32.4 Å². The van der Waals surface area contributed by atoms with E-state index in [1.807, 2.05) is 19.1 Å². The third kappa shape index (κ3) is 4.38. The zero-order chi connectivity index (χ0) is 22.7. The summed E-state index contributed by atoms with van der Waals surface area (Å²) in [5.41, 5.74) is -0.709. The van der Waals surface area contributed by atoms with Gasteiger partial charge in [0.05, 0.1) is 12.6 Å². The Hall–Kier alpha value is -3.59. The molecule has 2 heterocycles. The largest absolute Gasteiger partial charge is 0.376 e. The highest BCUT2D eigenvalue weighted by Gasteiger charge is 2.23. The lowest BCUT2D eigenvalue weighted by atomic mass is 10.1. The number of amides is 1. The van der Waals surface area contributed by atoms with Crippen LogP contribution in [0.3, 0.4) is 0 Å². The van der Waals surface area contributed by atoms with Gasteiger partial charge in [-0.2, -0.15) is 9.78 Å². The fourth-order valence-electron chi connectivity index (χ4n) is 3.63. The molecule has 9 heteroatoms. The molecule has 0 radical (unpaired) electrons. The highest BCUT2D eigenvalue weighted by molar-refractivity contribution is 5.91. The SMILES string of the molecule is Cc1ccccc1Cn1c(=O)c(C(=O)NC[C@@H]2CCCO2)nn(-c2ccccc2F)c1=O. The van der Waals surface area contributed by atoms with Gasteiger partial charge in [-0.3, -0.25) is 14.2 Å². The molecule has 2 aromatic carbocycles. The number of nitrogens with one attached hydrogen (secondary N) is 1. The van der Waals surface area contributed by atoms with Crippen molar-refractivity contribution in [2.75, 3.05) is 13.2 Å². The van der Waals surface area contributed by atoms with Crippen LogP contribution in [0.25, 0.3) is 5.69 Å². The zero-order valence-corrected chi connectivity index (χ0v) is 17.6. The molecule has 32 heavy (non-hydrogen) atoms. The van der Waals surface area contributed by atoms with Gasteiger partial charge in [0.2, 0.25) is 5.69 Å². The van der Waals surface area contributed by atoms with E-state index in [2.05, 4.69) is 10.4 Å². The lowest BCUT2D eigenvalue weighted by Gasteiger charge is -2.14. The van der Waals surface area contributed by atoms with Crippen molar-refractivity contribution < 1.29 is 13.9 Å². The van der Waals surface area contributed by atoms with Gasteiger partial charge in [-0.1, -0.05) is 36.4 Å². The van der Waals surface area contributed by atoms with Gasteiger partial charge in [0.1, 0.15) is 11.5 Å². The lowest BCUT2D eigenvalue weighted by Crippen LogP contribution is -2.47. The van der Waals surface area contributed by atoms with Crippen LogP contribution in [0.4, 0.5) is 4.39 Å². The second kappa shape index (κ2) is 9.27. The van der Waals surface area contributed by atoms with E-state index in [0.717, 1.165) is 33.2 Å². The molecule has 0 bridgehead atoms. The Kier molecular flexibility index (Phi) is 6.27. The van der Waals surface area contributed by atoms with Crippen molar-refractivity contribution >= 4 is 5.91 Å². The maximum Gasteiger partial charge on any atom is 0.352 e. The number of hydrogen-bond acceptors (Lipinski definition) is 5. The summed E-state index contributed by atoms with van der Waals surface area (Å²) in [7, 11) is 0. The molecule has 1 aliphatic rings. The number of benzene rings is 2. The zero-order valence-electron chi connectivity index (χ0n) is 17.6. The smallest absolute Gasteiger partial charge is 0.352 e. The van der Waals surface area contributed by atoms with Crippen molar-refractivity contribution in [2.24, 2.45) is 0 Å². The first-order valence-corrected chi connectivity index (χ1v) is 10.4. The second-order valence-corrected chi connectivity index (χ2v) is 7.66. The highest BCUT2D eigenvalue weighted by atomic mass is 19.1. The Morgan fingerprint density at radius 2 is 1.94 bits per heavy atom. The number of hydrogen-bond donors (Lipinski definition) is 1. The van der Waals surface area contributed by atoms with Crippen molar-refractivity contribution in [3.8, 4) is 5.69 Å². The van der Waals surface area contributed by atoms with Crippen molar-refractivity contribution in [3.05, 3.63) is 92.0 Å². The fraction of sp³-hybridized carbons (Fsp3) is 0.304. The molecule has 1 fully saturated rings. The molecular weight excluding hydrogens is 415 g/mol. The minimum atomic E-state index is -0.837.